The molecule has 3 aromatic heterocycles. The normalized spacial score (nSPS) is 17.6. The minimum atomic E-state index is -0.586. The van der Waals surface area contributed by atoms with Crippen molar-refractivity contribution in [3.05, 3.63) is 28.5 Å². The third-order valence-corrected chi connectivity index (χ3v) is 4.46. The highest BCUT2D eigenvalue weighted by Gasteiger charge is 2.32. The van der Waals surface area contributed by atoms with Gasteiger partial charge in [0.05, 0.1) is 17.1 Å². The smallest absolute Gasteiger partial charge is 0.145 e. The van der Waals surface area contributed by atoms with Crippen LogP contribution in [0.1, 0.15) is 29.5 Å². The molecular weight excluding hydrogens is 292 g/mol. The van der Waals surface area contributed by atoms with Crippen molar-refractivity contribution < 1.29 is 9.63 Å². The Kier molecular flexibility index (Phi) is 2.61. The van der Waals surface area contributed by atoms with Crippen molar-refractivity contribution >= 4 is 22.6 Å². The van der Waals surface area contributed by atoms with E-state index in [-0.39, 0.29) is 0 Å². The van der Waals surface area contributed by atoms with E-state index in [0.29, 0.717) is 23.0 Å². The summed E-state index contributed by atoms with van der Waals surface area (Å²) in [5, 5.41) is 15.7. The van der Waals surface area contributed by atoms with Gasteiger partial charge in [-0.15, -0.1) is 0 Å². The molecule has 0 fully saturated rings. The van der Waals surface area contributed by atoms with Gasteiger partial charge in [-0.2, -0.15) is 0 Å². The molecule has 0 saturated heterocycles. The largest absolute Gasteiger partial charge is 0.388 e. The number of nitrogens with zero attached hydrogens (tertiary/aromatic N) is 4. The number of aliphatic hydroxyl groups excluding tert-OH is 1. The quantitative estimate of drug-likeness (QED) is 0.646. The number of hydrogen-bond donors (Lipinski definition) is 1. The summed E-state index contributed by atoms with van der Waals surface area (Å²) in [5.74, 6) is 0.635. The molecular formula is C14H13ClN4O2. The molecule has 0 aromatic carbocycles. The highest BCUT2D eigenvalue weighted by molar-refractivity contribution is 6.35. The average molecular weight is 305 g/mol. The van der Waals surface area contributed by atoms with Crippen molar-refractivity contribution in [3.63, 3.8) is 0 Å². The molecule has 1 N–H and O–H groups in total. The summed E-state index contributed by atoms with van der Waals surface area (Å²) in [4.78, 5) is 8.40. The summed E-state index contributed by atoms with van der Waals surface area (Å²) in [6, 6.07) is 0. The summed E-state index contributed by atoms with van der Waals surface area (Å²) in [5.41, 5.74) is 4.07. The minimum absolute atomic E-state index is 0.389. The van der Waals surface area contributed by atoms with E-state index in [9.17, 15) is 5.11 Å². The van der Waals surface area contributed by atoms with Gasteiger partial charge in [0, 0.05) is 18.3 Å². The minimum Gasteiger partial charge on any atom is -0.388 e. The molecule has 1 aliphatic rings. The Labute approximate surface area is 125 Å². The Morgan fingerprint density at radius 1 is 1.43 bits per heavy atom. The first-order chi connectivity index (χ1) is 10.1. The van der Waals surface area contributed by atoms with E-state index in [0.717, 1.165) is 34.3 Å². The zero-order valence-corrected chi connectivity index (χ0v) is 12.3. The molecule has 1 aliphatic carbocycles. The SMILES string of the molecule is Cc1onc2c1C(O)CCc1c-2c2c(Cl)ncnc2n1C. The van der Waals surface area contributed by atoms with Gasteiger partial charge in [-0.05, 0) is 19.8 Å². The van der Waals surface area contributed by atoms with E-state index in [2.05, 4.69) is 15.1 Å². The molecule has 1 atom stereocenters. The average Bonchev–Trinajstić information content (AvgIpc) is 2.91. The molecule has 108 valence electrons. The molecule has 0 radical (unpaired) electrons. The van der Waals surface area contributed by atoms with Crippen LogP contribution in [0, 0.1) is 6.92 Å². The van der Waals surface area contributed by atoms with Crippen molar-refractivity contribution in [3.8, 4) is 11.3 Å². The molecule has 0 spiro atoms. The van der Waals surface area contributed by atoms with Gasteiger partial charge in [0.25, 0.3) is 0 Å². The van der Waals surface area contributed by atoms with Gasteiger partial charge in [0.15, 0.2) is 0 Å². The van der Waals surface area contributed by atoms with Gasteiger partial charge in [0.1, 0.15) is 28.6 Å². The second-order valence-corrected chi connectivity index (χ2v) is 5.66. The fourth-order valence-electron chi connectivity index (χ4n) is 3.18. The Morgan fingerprint density at radius 2 is 2.24 bits per heavy atom. The predicted octanol–water partition coefficient (Wildman–Crippen LogP) is 2.56. The van der Waals surface area contributed by atoms with Crippen LogP contribution in [0.4, 0.5) is 0 Å². The Balaban J connectivity index is 2.19. The van der Waals surface area contributed by atoms with Crippen molar-refractivity contribution in [2.75, 3.05) is 0 Å². The van der Waals surface area contributed by atoms with Crippen LogP contribution in [-0.4, -0.2) is 24.8 Å². The topological polar surface area (TPSA) is 77.0 Å². The number of aliphatic hydroxyl groups is 1. The van der Waals surface area contributed by atoms with Crippen molar-refractivity contribution in [1.82, 2.24) is 19.7 Å². The van der Waals surface area contributed by atoms with E-state index in [4.69, 9.17) is 16.1 Å². The van der Waals surface area contributed by atoms with Crippen LogP contribution >= 0.6 is 11.6 Å². The molecule has 0 bridgehead atoms. The molecule has 3 aromatic rings. The van der Waals surface area contributed by atoms with E-state index in [1.807, 2.05) is 18.5 Å². The molecule has 3 heterocycles. The van der Waals surface area contributed by atoms with Crippen LogP contribution in [0.5, 0.6) is 0 Å². The van der Waals surface area contributed by atoms with Gasteiger partial charge in [-0.3, -0.25) is 0 Å². The fraction of sp³-hybridized carbons (Fsp3) is 0.357. The number of rotatable bonds is 0. The Bertz CT molecular complexity index is 868. The van der Waals surface area contributed by atoms with Crippen molar-refractivity contribution in [2.24, 2.45) is 7.05 Å². The van der Waals surface area contributed by atoms with Crippen molar-refractivity contribution in [2.45, 2.75) is 25.9 Å². The lowest BCUT2D eigenvalue weighted by Crippen LogP contribution is -2.01. The van der Waals surface area contributed by atoms with Crippen LogP contribution in [0.15, 0.2) is 10.9 Å². The maximum absolute atomic E-state index is 10.4. The molecule has 21 heavy (non-hydrogen) atoms. The summed E-state index contributed by atoms with van der Waals surface area (Å²) in [6.07, 6.45) is 2.19. The third kappa shape index (κ3) is 1.60. The third-order valence-electron chi connectivity index (χ3n) is 4.18. The summed E-state index contributed by atoms with van der Waals surface area (Å²) < 4.78 is 7.29. The summed E-state index contributed by atoms with van der Waals surface area (Å²) in [7, 11) is 1.94. The maximum Gasteiger partial charge on any atom is 0.145 e. The molecule has 7 heteroatoms. The van der Waals surface area contributed by atoms with Crippen molar-refractivity contribution in [1.29, 1.82) is 0 Å². The highest BCUT2D eigenvalue weighted by Crippen LogP contribution is 2.43. The van der Waals surface area contributed by atoms with Gasteiger partial charge in [-0.1, -0.05) is 16.8 Å². The van der Waals surface area contributed by atoms with Gasteiger partial charge in [-0.25, -0.2) is 9.97 Å². The lowest BCUT2D eigenvalue weighted by molar-refractivity contribution is 0.166. The van der Waals surface area contributed by atoms with E-state index in [1.165, 1.54) is 6.33 Å². The van der Waals surface area contributed by atoms with Crippen LogP contribution in [0.3, 0.4) is 0 Å². The van der Waals surface area contributed by atoms with Crippen LogP contribution < -0.4 is 0 Å². The number of hydrogen-bond acceptors (Lipinski definition) is 5. The second-order valence-electron chi connectivity index (χ2n) is 5.30. The second kappa shape index (κ2) is 4.29. The number of aromatic nitrogens is 4. The van der Waals surface area contributed by atoms with E-state index >= 15 is 0 Å². The zero-order valence-electron chi connectivity index (χ0n) is 11.6. The van der Waals surface area contributed by atoms with E-state index < -0.39 is 6.10 Å². The molecule has 0 amide bonds. The first-order valence-corrected chi connectivity index (χ1v) is 7.09. The molecule has 4 rings (SSSR count). The number of halogens is 1. The summed E-state index contributed by atoms with van der Waals surface area (Å²) >= 11 is 6.28. The number of fused-ring (bicyclic) bond motifs is 5. The van der Waals surface area contributed by atoms with Gasteiger partial charge >= 0.3 is 0 Å². The number of aryl methyl sites for hydroxylation is 2. The lowest BCUT2D eigenvalue weighted by atomic mass is 10.0. The van der Waals surface area contributed by atoms with Crippen LogP contribution in [0.25, 0.3) is 22.3 Å². The molecule has 6 nitrogen and oxygen atoms in total. The molecule has 0 aliphatic heterocycles. The molecule has 0 saturated carbocycles. The first-order valence-electron chi connectivity index (χ1n) is 6.72. The van der Waals surface area contributed by atoms with Gasteiger partial charge in [0.2, 0.25) is 0 Å². The Hall–Kier alpha value is -1.92. The highest BCUT2D eigenvalue weighted by atomic mass is 35.5. The molecule has 1 unspecified atom stereocenters. The van der Waals surface area contributed by atoms with Gasteiger partial charge < -0.3 is 14.2 Å². The lowest BCUT2D eigenvalue weighted by Gasteiger charge is -2.07. The van der Waals surface area contributed by atoms with Crippen LogP contribution in [0.2, 0.25) is 5.15 Å². The Morgan fingerprint density at radius 3 is 3.05 bits per heavy atom. The standard InChI is InChI=1S/C14H13ClN4O2/c1-6-9-8(20)4-3-7-10(12(9)18-21-6)11-13(15)16-5-17-14(11)19(7)2/h5,8,20H,3-4H2,1-2H3. The van der Waals surface area contributed by atoms with E-state index in [1.54, 1.807) is 0 Å². The predicted molar refractivity (Wildman–Crippen MR) is 77.0 cm³/mol. The maximum atomic E-state index is 10.4. The summed E-state index contributed by atoms with van der Waals surface area (Å²) in [6.45, 7) is 1.81. The first kappa shape index (κ1) is 12.8. The van der Waals surface area contributed by atoms with Crippen LogP contribution in [-0.2, 0) is 13.5 Å². The zero-order chi connectivity index (χ0) is 14.7. The monoisotopic (exact) mass is 304 g/mol. The fourth-order valence-corrected chi connectivity index (χ4v) is 3.40.